The van der Waals surface area contributed by atoms with Gasteiger partial charge in [0.15, 0.2) is 0 Å². The van der Waals surface area contributed by atoms with E-state index in [1.807, 2.05) is 55.1 Å². The summed E-state index contributed by atoms with van der Waals surface area (Å²) >= 11 is 0. The molecule has 2 N–H and O–H groups in total. The lowest BCUT2D eigenvalue weighted by molar-refractivity contribution is 0.0897. The lowest BCUT2D eigenvalue weighted by atomic mass is 10.0. The largest absolute Gasteiger partial charge is 0.394 e. The fourth-order valence-corrected chi connectivity index (χ4v) is 1.97. The maximum Gasteiger partial charge on any atom is 0.251 e. The van der Waals surface area contributed by atoms with Gasteiger partial charge in [-0.3, -0.25) is 4.79 Å². The first-order valence-corrected chi connectivity index (χ1v) is 6.77. The van der Waals surface area contributed by atoms with Gasteiger partial charge in [-0.15, -0.1) is 0 Å². The van der Waals surface area contributed by atoms with Gasteiger partial charge in [-0.05, 0) is 42.3 Å². The highest BCUT2D eigenvalue weighted by molar-refractivity contribution is 5.94. The molecular weight excluding hydrogens is 252 g/mol. The molecule has 1 aromatic heterocycles. The summed E-state index contributed by atoms with van der Waals surface area (Å²) in [7, 11) is 0. The summed E-state index contributed by atoms with van der Waals surface area (Å²) in [6.45, 7) is 3.89. The van der Waals surface area contributed by atoms with Crippen molar-refractivity contribution in [2.24, 2.45) is 5.92 Å². The van der Waals surface area contributed by atoms with Crippen LogP contribution in [0.2, 0.25) is 0 Å². The van der Waals surface area contributed by atoms with Crippen molar-refractivity contribution >= 4 is 5.91 Å². The lowest BCUT2D eigenvalue weighted by Crippen LogP contribution is -2.41. The van der Waals surface area contributed by atoms with Gasteiger partial charge in [-0.25, -0.2) is 0 Å². The van der Waals surface area contributed by atoms with E-state index in [2.05, 4.69) is 5.32 Å². The van der Waals surface area contributed by atoms with Gasteiger partial charge in [0.1, 0.15) is 0 Å². The zero-order chi connectivity index (χ0) is 14.5. The van der Waals surface area contributed by atoms with Crippen LogP contribution in [0.15, 0.2) is 48.8 Å². The standard InChI is InChI=1S/C16H20N2O2/c1-12(2)15(11-19)17-16(20)13-5-7-14(8-6-13)18-9-3-4-10-18/h3-10,12,15,19H,11H2,1-2H3,(H,17,20)/t15-/m1/s1. The molecule has 1 heterocycles. The number of amides is 1. The van der Waals surface area contributed by atoms with Gasteiger partial charge >= 0.3 is 0 Å². The first-order valence-electron chi connectivity index (χ1n) is 6.77. The summed E-state index contributed by atoms with van der Waals surface area (Å²) in [5.74, 6) is 0.0416. The van der Waals surface area contributed by atoms with E-state index in [4.69, 9.17) is 0 Å². The van der Waals surface area contributed by atoms with Crippen LogP contribution in [0.1, 0.15) is 24.2 Å². The van der Waals surface area contributed by atoms with E-state index in [0.29, 0.717) is 5.56 Å². The summed E-state index contributed by atoms with van der Waals surface area (Å²) in [5.41, 5.74) is 1.61. The number of hydrogen-bond acceptors (Lipinski definition) is 2. The number of nitrogens with one attached hydrogen (secondary N) is 1. The van der Waals surface area contributed by atoms with E-state index in [1.54, 1.807) is 12.1 Å². The normalized spacial score (nSPS) is 12.4. The second kappa shape index (κ2) is 6.39. The Balaban J connectivity index is 2.08. The van der Waals surface area contributed by atoms with Crippen molar-refractivity contribution in [3.8, 4) is 5.69 Å². The topological polar surface area (TPSA) is 54.3 Å². The van der Waals surface area contributed by atoms with Crippen LogP contribution in [-0.2, 0) is 0 Å². The van der Waals surface area contributed by atoms with Crippen molar-refractivity contribution < 1.29 is 9.90 Å². The van der Waals surface area contributed by atoms with Crippen LogP contribution >= 0.6 is 0 Å². The molecule has 0 fully saturated rings. The first kappa shape index (κ1) is 14.3. The SMILES string of the molecule is CC(C)[C@@H](CO)NC(=O)c1ccc(-n2cccc2)cc1. The fraction of sp³-hybridized carbons (Fsp3) is 0.312. The monoisotopic (exact) mass is 272 g/mol. The molecule has 2 aromatic rings. The highest BCUT2D eigenvalue weighted by Crippen LogP contribution is 2.11. The third kappa shape index (κ3) is 3.27. The number of carbonyl (C=O) groups is 1. The van der Waals surface area contributed by atoms with Crippen LogP contribution in [0, 0.1) is 5.92 Å². The Labute approximate surface area is 119 Å². The van der Waals surface area contributed by atoms with Gasteiger partial charge in [0.25, 0.3) is 5.91 Å². The molecule has 1 amide bonds. The molecule has 0 saturated heterocycles. The molecule has 0 radical (unpaired) electrons. The fourth-order valence-electron chi connectivity index (χ4n) is 1.97. The van der Waals surface area contributed by atoms with E-state index >= 15 is 0 Å². The average Bonchev–Trinajstić information content (AvgIpc) is 2.98. The van der Waals surface area contributed by atoms with E-state index < -0.39 is 0 Å². The van der Waals surface area contributed by atoms with Crippen molar-refractivity contribution in [1.82, 2.24) is 9.88 Å². The van der Waals surface area contributed by atoms with Crippen LogP contribution in [0.5, 0.6) is 0 Å². The molecule has 4 nitrogen and oxygen atoms in total. The zero-order valence-corrected chi connectivity index (χ0v) is 11.8. The zero-order valence-electron chi connectivity index (χ0n) is 11.8. The van der Waals surface area contributed by atoms with E-state index in [0.717, 1.165) is 5.69 Å². The molecule has 2 rings (SSSR count). The molecule has 0 spiro atoms. The van der Waals surface area contributed by atoms with Gasteiger partial charge < -0.3 is 15.0 Å². The Bertz CT molecular complexity index is 544. The highest BCUT2D eigenvalue weighted by atomic mass is 16.3. The number of rotatable bonds is 5. The Hall–Kier alpha value is -2.07. The van der Waals surface area contributed by atoms with Crippen molar-refractivity contribution in [2.75, 3.05) is 6.61 Å². The van der Waals surface area contributed by atoms with Crippen molar-refractivity contribution in [3.05, 3.63) is 54.4 Å². The number of aromatic nitrogens is 1. The second-order valence-electron chi connectivity index (χ2n) is 5.14. The van der Waals surface area contributed by atoms with Crippen molar-refractivity contribution in [3.63, 3.8) is 0 Å². The number of carbonyl (C=O) groups excluding carboxylic acids is 1. The van der Waals surface area contributed by atoms with Crippen molar-refractivity contribution in [2.45, 2.75) is 19.9 Å². The molecule has 20 heavy (non-hydrogen) atoms. The molecule has 106 valence electrons. The summed E-state index contributed by atoms with van der Waals surface area (Å²) < 4.78 is 1.98. The van der Waals surface area contributed by atoms with Gasteiger partial charge in [-0.2, -0.15) is 0 Å². The number of aliphatic hydroxyl groups excluding tert-OH is 1. The Kier molecular flexibility index (Phi) is 4.58. The number of aliphatic hydroxyl groups is 1. The minimum atomic E-state index is -0.216. The molecule has 0 bridgehead atoms. The second-order valence-corrected chi connectivity index (χ2v) is 5.14. The molecule has 0 aliphatic heterocycles. The molecular formula is C16H20N2O2. The van der Waals surface area contributed by atoms with Gasteiger partial charge in [-0.1, -0.05) is 13.8 Å². The highest BCUT2D eigenvalue weighted by Gasteiger charge is 2.16. The average molecular weight is 272 g/mol. The van der Waals surface area contributed by atoms with Crippen LogP contribution in [0.3, 0.4) is 0 Å². The number of benzene rings is 1. The molecule has 1 atom stereocenters. The maximum atomic E-state index is 12.1. The van der Waals surface area contributed by atoms with E-state index in [1.165, 1.54) is 0 Å². The maximum absolute atomic E-state index is 12.1. The molecule has 0 aliphatic rings. The minimum Gasteiger partial charge on any atom is -0.394 e. The van der Waals surface area contributed by atoms with Gasteiger partial charge in [0, 0.05) is 23.6 Å². The molecule has 0 unspecified atom stereocenters. The summed E-state index contributed by atoms with van der Waals surface area (Å²) in [6, 6.07) is 11.1. The Morgan fingerprint density at radius 1 is 1.20 bits per heavy atom. The summed E-state index contributed by atoms with van der Waals surface area (Å²) in [5, 5.41) is 12.1. The van der Waals surface area contributed by atoms with E-state index in [9.17, 15) is 9.90 Å². The van der Waals surface area contributed by atoms with Crippen LogP contribution in [-0.4, -0.2) is 28.2 Å². The number of hydrogen-bond donors (Lipinski definition) is 2. The molecule has 4 heteroatoms. The predicted molar refractivity (Wildman–Crippen MR) is 78.9 cm³/mol. The third-order valence-electron chi connectivity index (χ3n) is 3.35. The Morgan fingerprint density at radius 3 is 2.30 bits per heavy atom. The minimum absolute atomic E-state index is 0.0507. The molecule has 1 aromatic carbocycles. The van der Waals surface area contributed by atoms with Crippen LogP contribution in [0.25, 0.3) is 5.69 Å². The first-order chi connectivity index (χ1) is 9.61. The quantitative estimate of drug-likeness (QED) is 0.877. The Morgan fingerprint density at radius 2 is 1.80 bits per heavy atom. The molecule has 0 saturated carbocycles. The van der Waals surface area contributed by atoms with Crippen LogP contribution in [0.4, 0.5) is 0 Å². The summed E-state index contributed by atoms with van der Waals surface area (Å²) in [6.07, 6.45) is 3.91. The van der Waals surface area contributed by atoms with Gasteiger partial charge in [0.05, 0.1) is 12.6 Å². The predicted octanol–water partition coefficient (Wildman–Crippen LogP) is 2.22. The summed E-state index contributed by atoms with van der Waals surface area (Å²) in [4.78, 5) is 12.1. The molecule has 0 aliphatic carbocycles. The number of nitrogens with zero attached hydrogens (tertiary/aromatic N) is 1. The van der Waals surface area contributed by atoms with Gasteiger partial charge in [0.2, 0.25) is 0 Å². The van der Waals surface area contributed by atoms with Crippen molar-refractivity contribution in [1.29, 1.82) is 0 Å². The third-order valence-corrected chi connectivity index (χ3v) is 3.35. The lowest BCUT2D eigenvalue weighted by Gasteiger charge is -2.19. The smallest absolute Gasteiger partial charge is 0.251 e. The van der Waals surface area contributed by atoms with E-state index in [-0.39, 0.29) is 24.5 Å². The van der Waals surface area contributed by atoms with Crippen LogP contribution < -0.4 is 5.32 Å².